The Hall–Kier alpha value is -0.450. The molecule has 4 nitrogen and oxygen atoms in total. The van der Waals surface area contributed by atoms with Crippen LogP contribution in [0.2, 0.25) is 0 Å². The molecule has 0 amide bonds. The van der Waals surface area contributed by atoms with Crippen molar-refractivity contribution >= 4 is 6.29 Å². The molecule has 96 valence electrons. The fraction of sp³-hybridized carbons (Fsp3) is 0.917. The number of rotatable bonds is 12. The van der Waals surface area contributed by atoms with E-state index in [1.807, 2.05) is 0 Å². The van der Waals surface area contributed by atoms with Gasteiger partial charge in [0.1, 0.15) is 6.29 Å². The molecule has 3 N–H and O–H groups in total. The standard InChI is InChI=1S/C12H26N2O2/c1-2-3-4-5-10-16-12(6-9-15)11-14-8-7-13/h9,12,14H,2-8,10-11,13H2,1H3. The lowest BCUT2D eigenvalue weighted by molar-refractivity contribution is -0.110. The Morgan fingerprint density at radius 3 is 2.81 bits per heavy atom. The molecule has 1 atom stereocenters. The van der Waals surface area contributed by atoms with Gasteiger partial charge in [-0.3, -0.25) is 0 Å². The van der Waals surface area contributed by atoms with Gasteiger partial charge in [0.05, 0.1) is 6.10 Å². The zero-order valence-electron chi connectivity index (χ0n) is 10.4. The molecule has 0 aliphatic carbocycles. The van der Waals surface area contributed by atoms with Crippen LogP contribution in [-0.4, -0.2) is 38.6 Å². The van der Waals surface area contributed by atoms with Gasteiger partial charge >= 0.3 is 0 Å². The first-order chi connectivity index (χ1) is 7.85. The van der Waals surface area contributed by atoms with E-state index in [1.54, 1.807) is 0 Å². The van der Waals surface area contributed by atoms with E-state index in [0.717, 1.165) is 25.9 Å². The lowest BCUT2D eigenvalue weighted by Gasteiger charge is -2.16. The molecule has 0 aliphatic rings. The lowest BCUT2D eigenvalue weighted by Crippen LogP contribution is -2.33. The molecule has 0 rings (SSSR count). The predicted octanol–water partition coefficient (Wildman–Crippen LogP) is 1.09. The van der Waals surface area contributed by atoms with Gasteiger partial charge in [-0.25, -0.2) is 0 Å². The normalized spacial score (nSPS) is 12.6. The van der Waals surface area contributed by atoms with Crippen LogP contribution in [0.25, 0.3) is 0 Å². The highest BCUT2D eigenvalue weighted by atomic mass is 16.5. The molecule has 0 saturated carbocycles. The van der Waals surface area contributed by atoms with E-state index in [0.29, 0.717) is 19.5 Å². The number of carbonyl (C=O) groups excluding carboxylic acids is 1. The smallest absolute Gasteiger partial charge is 0.122 e. The number of carbonyl (C=O) groups is 1. The van der Waals surface area contributed by atoms with Gasteiger partial charge in [0.15, 0.2) is 0 Å². The molecular weight excluding hydrogens is 204 g/mol. The Balaban J connectivity index is 3.47. The van der Waals surface area contributed by atoms with Gasteiger partial charge in [-0.05, 0) is 6.42 Å². The van der Waals surface area contributed by atoms with Crippen molar-refractivity contribution in [2.75, 3.05) is 26.2 Å². The molecule has 4 heteroatoms. The molecular formula is C12H26N2O2. The van der Waals surface area contributed by atoms with Crippen LogP contribution >= 0.6 is 0 Å². The van der Waals surface area contributed by atoms with E-state index in [-0.39, 0.29) is 6.10 Å². The third-order valence-electron chi connectivity index (χ3n) is 2.40. The summed E-state index contributed by atoms with van der Waals surface area (Å²) in [7, 11) is 0. The molecule has 0 aromatic rings. The first-order valence-electron chi connectivity index (χ1n) is 6.31. The Bertz CT molecular complexity index is 154. The number of aldehydes is 1. The summed E-state index contributed by atoms with van der Waals surface area (Å²) in [6.07, 6.45) is 6.17. The van der Waals surface area contributed by atoms with E-state index < -0.39 is 0 Å². The molecule has 0 aliphatic heterocycles. The topological polar surface area (TPSA) is 64.3 Å². The van der Waals surface area contributed by atoms with E-state index in [1.165, 1.54) is 19.3 Å². The van der Waals surface area contributed by atoms with Gasteiger partial charge in [-0.2, -0.15) is 0 Å². The second-order valence-corrected chi connectivity index (χ2v) is 3.95. The summed E-state index contributed by atoms with van der Waals surface area (Å²) < 4.78 is 5.64. The van der Waals surface area contributed by atoms with E-state index in [4.69, 9.17) is 10.5 Å². The molecule has 0 saturated heterocycles. The maximum atomic E-state index is 10.5. The molecule has 0 heterocycles. The fourth-order valence-corrected chi connectivity index (χ4v) is 1.46. The molecule has 16 heavy (non-hydrogen) atoms. The highest BCUT2D eigenvalue weighted by molar-refractivity contribution is 5.50. The SMILES string of the molecule is CCCCCCOC(CC=O)CNCCN. The number of ether oxygens (including phenoxy) is 1. The molecule has 0 fully saturated rings. The average molecular weight is 230 g/mol. The van der Waals surface area contributed by atoms with E-state index in [2.05, 4.69) is 12.2 Å². The van der Waals surface area contributed by atoms with Crippen LogP contribution in [0.3, 0.4) is 0 Å². The zero-order chi connectivity index (χ0) is 12.1. The summed E-state index contributed by atoms with van der Waals surface area (Å²) in [5, 5.41) is 3.16. The minimum absolute atomic E-state index is 0.00526. The van der Waals surface area contributed by atoms with Gasteiger partial charge in [0.2, 0.25) is 0 Å². The minimum atomic E-state index is 0.00526. The summed E-state index contributed by atoms with van der Waals surface area (Å²) in [6.45, 7) is 5.04. The molecule has 0 bridgehead atoms. The summed E-state index contributed by atoms with van der Waals surface area (Å²) in [6, 6.07) is 0. The predicted molar refractivity (Wildman–Crippen MR) is 66.5 cm³/mol. The van der Waals surface area contributed by atoms with Gasteiger partial charge in [-0.1, -0.05) is 26.2 Å². The zero-order valence-corrected chi connectivity index (χ0v) is 10.4. The summed E-state index contributed by atoms with van der Waals surface area (Å²) in [4.78, 5) is 10.5. The number of hydrogen-bond acceptors (Lipinski definition) is 4. The summed E-state index contributed by atoms with van der Waals surface area (Å²) in [5.74, 6) is 0. The Morgan fingerprint density at radius 2 is 2.19 bits per heavy atom. The molecule has 0 aromatic carbocycles. The van der Waals surface area contributed by atoms with Crippen LogP contribution in [-0.2, 0) is 9.53 Å². The van der Waals surface area contributed by atoms with Crippen molar-refractivity contribution in [3.05, 3.63) is 0 Å². The summed E-state index contributed by atoms with van der Waals surface area (Å²) >= 11 is 0. The van der Waals surface area contributed by atoms with E-state index in [9.17, 15) is 4.79 Å². The maximum Gasteiger partial charge on any atom is 0.122 e. The van der Waals surface area contributed by atoms with Crippen LogP contribution in [0.15, 0.2) is 0 Å². The van der Waals surface area contributed by atoms with Crippen LogP contribution in [0.1, 0.15) is 39.0 Å². The number of unbranched alkanes of at least 4 members (excludes halogenated alkanes) is 3. The first-order valence-corrected chi connectivity index (χ1v) is 6.31. The van der Waals surface area contributed by atoms with Crippen LogP contribution < -0.4 is 11.1 Å². The fourth-order valence-electron chi connectivity index (χ4n) is 1.46. The van der Waals surface area contributed by atoms with Crippen LogP contribution in [0, 0.1) is 0 Å². The molecule has 1 unspecified atom stereocenters. The maximum absolute atomic E-state index is 10.5. The highest BCUT2D eigenvalue weighted by Crippen LogP contribution is 2.02. The largest absolute Gasteiger partial charge is 0.376 e. The monoisotopic (exact) mass is 230 g/mol. The van der Waals surface area contributed by atoms with Gasteiger partial charge in [0, 0.05) is 32.7 Å². The first kappa shape index (κ1) is 15.6. The van der Waals surface area contributed by atoms with Gasteiger partial charge < -0.3 is 20.6 Å². The molecule has 0 radical (unpaired) electrons. The second kappa shape index (κ2) is 12.6. The average Bonchev–Trinajstić information content (AvgIpc) is 2.29. The highest BCUT2D eigenvalue weighted by Gasteiger charge is 2.07. The van der Waals surface area contributed by atoms with E-state index >= 15 is 0 Å². The van der Waals surface area contributed by atoms with Crippen molar-refractivity contribution in [2.24, 2.45) is 5.73 Å². The van der Waals surface area contributed by atoms with Crippen molar-refractivity contribution in [1.82, 2.24) is 5.32 Å². The van der Waals surface area contributed by atoms with Gasteiger partial charge in [-0.15, -0.1) is 0 Å². The van der Waals surface area contributed by atoms with Gasteiger partial charge in [0.25, 0.3) is 0 Å². The van der Waals surface area contributed by atoms with Crippen LogP contribution in [0.4, 0.5) is 0 Å². The van der Waals surface area contributed by atoms with Crippen molar-refractivity contribution in [1.29, 1.82) is 0 Å². The Labute approximate surface area is 98.9 Å². The van der Waals surface area contributed by atoms with Crippen molar-refractivity contribution in [3.8, 4) is 0 Å². The molecule has 0 aromatic heterocycles. The summed E-state index contributed by atoms with van der Waals surface area (Å²) in [5.41, 5.74) is 5.37. The third-order valence-corrected chi connectivity index (χ3v) is 2.40. The lowest BCUT2D eigenvalue weighted by atomic mass is 10.2. The second-order valence-electron chi connectivity index (χ2n) is 3.95. The van der Waals surface area contributed by atoms with Crippen LogP contribution in [0.5, 0.6) is 0 Å². The van der Waals surface area contributed by atoms with Crippen molar-refractivity contribution < 1.29 is 9.53 Å². The number of nitrogens with one attached hydrogen (secondary N) is 1. The Morgan fingerprint density at radius 1 is 1.38 bits per heavy atom. The molecule has 0 spiro atoms. The number of hydrogen-bond donors (Lipinski definition) is 2. The Kier molecular flexibility index (Phi) is 12.3. The quantitative estimate of drug-likeness (QED) is 0.389. The van der Waals surface area contributed by atoms with Crippen molar-refractivity contribution in [3.63, 3.8) is 0 Å². The third kappa shape index (κ3) is 10.1. The number of nitrogens with two attached hydrogens (primary N) is 1. The minimum Gasteiger partial charge on any atom is -0.376 e. The van der Waals surface area contributed by atoms with Crippen molar-refractivity contribution in [2.45, 2.75) is 45.1 Å².